The normalized spacial score (nSPS) is 11.1. The summed E-state index contributed by atoms with van der Waals surface area (Å²) in [5.41, 5.74) is 1.99. The number of rotatable bonds is 11. The van der Waals surface area contributed by atoms with E-state index >= 15 is 0 Å². The summed E-state index contributed by atoms with van der Waals surface area (Å²) >= 11 is 0. The Hall–Kier alpha value is -2.10. The van der Waals surface area contributed by atoms with Gasteiger partial charge in [0, 0.05) is 23.9 Å². The van der Waals surface area contributed by atoms with Crippen molar-refractivity contribution in [2.24, 2.45) is 0 Å². The zero-order chi connectivity index (χ0) is 18.1. The van der Waals surface area contributed by atoms with Crippen LogP contribution in [0.2, 0.25) is 0 Å². The number of carboxylic acids is 1. The molecule has 0 amide bonds. The van der Waals surface area contributed by atoms with Crippen LogP contribution in [0, 0.1) is 0 Å². The molecule has 1 N–H and O–H groups in total. The number of carboxylic acid groups (broad SMARTS) is 1. The number of fused-ring (bicyclic) bond motifs is 1. The second-order valence-corrected chi connectivity index (χ2v) is 6.69. The van der Waals surface area contributed by atoms with Gasteiger partial charge in [-0.15, -0.1) is 0 Å². The first-order chi connectivity index (χ1) is 12.1. The molecule has 0 bridgehead atoms. The average molecular weight is 343 g/mol. The van der Waals surface area contributed by atoms with Crippen LogP contribution in [0.15, 0.2) is 30.3 Å². The van der Waals surface area contributed by atoms with Crippen molar-refractivity contribution in [2.45, 2.75) is 71.1 Å². The molecular formula is C21H29NO3. The smallest absolute Gasteiger partial charge is 0.303 e. The van der Waals surface area contributed by atoms with Crippen LogP contribution >= 0.6 is 0 Å². The highest BCUT2D eigenvalue weighted by Crippen LogP contribution is 2.22. The molecule has 136 valence electrons. The number of carbonyl (C=O) groups is 2. The highest BCUT2D eigenvalue weighted by Gasteiger charge is 2.15. The lowest BCUT2D eigenvalue weighted by Crippen LogP contribution is -2.14. The molecule has 0 aliphatic rings. The van der Waals surface area contributed by atoms with Gasteiger partial charge in [-0.2, -0.15) is 0 Å². The van der Waals surface area contributed by atoms with Gasteiger partial charge in [0.1, 0.15) is 0 Å². The Bertz CT molecular complexity index is 702. The standard InChI is InChI=1S/C21H29NO3/c1-2-3-4-5-6-7-12-18-16-17-11-8-9-13-19(17)22(18)20(23)14-10-15-21(24)25/h8-9,11,13,16H,2-7,10,12,14-15H2,1H3,(H,24,25). The molecule has 2 aromatic rings. The van der Waals surface area contributed by atoms with Gasteiger partial charge in [-0.05, 0) is 31.4 Å². The van der Waals surface area contributed by atoms with Crippen molar-refractivity contribution in [2.75, 3.05) is 0 Å². The van der Waals surface area contributed by atoms with Crippen molar-refractivity contribution >= 4 is 22.8 Å². The zero-order valence-electron chi connectivity index (χ0n) is 15.2. The Morgan fingerprint density at radius 3 is 2.44 bits per heavy atom. The van der Waals surface area contributed by atoms with Crippen LogP contribution in [-0.2, 0) is 11.2 Å². The molecule has 0 saturated carbocycles. The molecule has 0 aliphatic heterocycles. The Labute approximate surface area is 149 Å². The summed E-state index contributed by atoms with van der Waals surface area (Å²) in [5, 5.41) is 9.85. The van der Waals surface area contributed by atoms with Crippen LogP contribution in [0.3, 0.4) is 0 Å². The van der Waals surface area contributed by atoms with Gasteiger partial charge in [0.25, 0.3) is 0 Å². The number of unbranched alkanes of at least 4 members (excludes halogenated alkanes) is 5. The molecule has 4 nitrogen and oxygen atoms in total. The van der Waals surface area contributed by atoms with E-state index in [1.807, 2.05) is 28.8 Å². The highest BCUT2D eigenvalue weighted by molar-refractivity contribution is 5.93. The maximum absolute atomic E-state index is 12.7. The number of nitrogens with zero attached hydrogens (tertiary/aromatic N) is 1. The molecule has 1 aromatic carbocycles. The van der Waals surface area contributed by atoms with Crippen molar-refractivity contribution in [3.8, 4) is 0 Å². The predicted octanol–water partition coefficient (Wildman–Crippen LogP) is 5.44. The van der Waals surface area contributed by atoms with E-state index in [0.29, 0.717) is 6.42 Å². The largest absolute Gasteiger partial charge is 0.481 e. The van der Waals surface area contributed by atoms with Crippen molar-refractivity contribution in [3.63, 3.8) is 0 Å². The number of benzene rings is 1. The van der Waals surface area contributed by atoms with E-state index in [1.165, 1.54) is 32.1 Å². The van der Waals surface area contributed by atoms with Gasteiger partial charge in [-0.1, -0.05) is 57.2 Å². The number of hydrogen-bond donors (Lipinski definition) is 1. The van der Waals surface area contributed by atoms with Crippen molar-refractivity contribution in [1.82, 2.24) is 4.57 Å². The molecule has 4 heteroatoms. The third-order valence-corrected chi connectivity index (χ3v) is 4.60. The first kappa shape index (κ1) is 19.2. The van der Waals surface area contributed by atoms with Crippen molar-refractivity contribution < 1.29 is 14.7 Å². The fraction of sp³-hybridized carbons (Fsp3) is 0.524. The maximum Gasteiger partial charge on any atom is 0.303 e. The fourth-order valence-corrected chi connectivity index (χ4v) is 3.28. The molecule has 2 rings (SSSR count). The number of carbonyl (C=O) groups excluding carboxylic acids is 1. The Morgan fingerprint density at radius 1 is 0.960 bits per heavy atom. The lowest BCUT2D eigenvalue weighted by Gasteiger charge is -2.09. The number of aromatic nitrogens is 1. The lowest BCUT2D eigenvalue weighted by molar-refractivity contribution is -0.137. The third-order valence-electron chi connectivity index (χ3n) is 4.60. The minimum atomic E-state index is -0.850. The second kappa shape index (κ2) is 10.0. The highest BCUT2D eigenvalue weighted by atomic mass is 16.4. The predicted molar refractivity (Wildman–Crippen MR) is 101 cm³/mol. The quantitative estimate of drug-likeness (QED) is 0.553. The van der Waals surface area contributed by atoms with Crippen molar-refractivity contribution in [3.05, 3.63) is 36.0 Å². The number of hydrogen-bond acceptors (Lipinski definition) is 2. The molecule has 1 aromatic heterocycles. The Morgan fingerprint density at radius 2 is 1.68 bits per heavy atom. The van der Waals surface area contributed by atoms with E-state index in [1.54, 1.807) is 0 Å². The SMILES string of the molecule is CCCCCCCCc1cc2ccccc2n1C(=O)CCCC(=O)O. The molecule has 0 saturated heterocycles. The summed E-state index contributed by atoms with van der Waals surface area (Å²) in [7, 11) is 0. The summed E-state index contributed by atoms with van der Waals surface area (Å²) in [6.45, 7) is 2.22. The van der Waals surface area contributed by atoms with Crippen LogP contribution in [-0.4, -0.2) is 21.6 Å². The van der Waals surface area contributed by atoms with E-state index in [0.717, 1.165) is 29.4 Å². The summed E-state index contributed by atoms with van der Waals surface area (Å²) in [5.74, 6) is -0.846. The van der Waals surface area contributed by atoms with E-state index in [-0.39, 0.29) is 18.7 Å². The van der Waals surface area contributed by atoms with E-state index in [2.05, 4.69) is 13.0 Å². The minimum Gasteiger partial charge on any atom is -0.481 e. The average Bonchev–Trinajstić information content (AvgIpc) is 2.96. The lowest BCUT2D eigenvalue weighted by atomic mass is 10.1. The molecule has 0 aliphatic carbocycles. The van der Waals surface area contributed by atoms with Crippen LogP contribution in [0.25, 0.3) is 10.9 Å². The van der Waals surface area contributed by atoms with Gasteiger partial charge in [-0.25, -0.2) is 0 Å². The summed E-state index contributed by atoms with van der Waals surface area (Å²) in [6, 6.07) is 10.0. The minimum absolute atomic E-state index is 0.00318. The third kappa shape index (κ3) is 5.73. The van der Waals surface area contributed by atoms with Gasteiger partial charge >= 0.3 is 5.97 Å². The molecule has 0 atom stereocenters. The first-order valence-corrected chi connectivity index (χ1v) is 9.48. The number of aryl methyl sites for hydroxylation is 1. The second-order valence-electron chi connectivity index (χ2n) is 6.69. The molecule has 1 heterocycles. The molecule has 0 fully saturated rings. The molecule has 0 radical (unpaired) electrons. The summed E-state index contributed by atoms with van der Waals surface area (Å²) in [6.07, 6.45) is 8.95. The zero-order valence-corrected chi connectivity index (χ0v) is 15.2. The van der Waals surface area contributed by atoms with Gasteiger partial charge in [0.05, 0.1) is 5.52 Å². The monoisotopic (exact) mass is 343 g/mol. The van der Waals surface area contributed by atoms with Crippen LogP contribution in [0.1, 0.15) is 75.2 Å². The van der Waals surface area contributed by atoms with Gasteiger partial charge in [0.15, 0.2) is 0 Å². The van der Waals surface area contributed by atoms with E-state index < -0.39 is 5.97 Å². The fourth-order valence-electron chi connectivity index (χ4n) is 3.28. The Kier molecular flexibility index (Phi) is 7.71. The van der Waals surface area contributed by atoms with E-state index in [4.69, 9.17) is 5.11 Å². The summed E-state index contributed by atoms with van der Waals surface area (Å²) < 4.78 is 1.81. The maximum atomic E-state index is 12.7. The van der Waals surface area contributed by atoms with Gasteiger partial charge in [-0.3, -0.25) is 14.2 Å². The number of para-hydroxylation sites is 1. The molecule has 0 unspecified atom stereocenters. The van der Waals surface area contributed by atoms with Crippen molar-refractivity contribution in [1.29, 1.82) is 0 Å². The van der Waals surface area contributed by atoms with Crippen LogP contribution < -0.4 is 0 Å². The van der Waals surface area contributed by atoms with E-state index in [9.17, 15) is 9.59 Å². The Balaban J connectivity index is 2.04. The number of aliphatic carboxylic acids is 1. The topological polar surface area (TPSA) is 59.3 Å². The first-order valence-electron chi connectivity index (χ1n) is 9.48. The molecule has 0 spiro atoms. The van der Waals surface area contributed by atoms with Crippen LogP contribution in [0.4, 0.5) is 0 Å². The van der Waals surface area contributed by atoms with Gasteiger partial charge in [0.2, 0.25) is 5.91 Å². The van der Waals surface area contributed by atoms with Gasteiger partial charge < -0.3 is 5.11 Å². The summed E-state index contributed by atoms with van der Waals surface area (Å²) in [4.78, 5) is 23.3. The van der Waals surface area contributed by atoms with Crippen LogP contribution in [0.5, 0.6) is 0 Å². The molecular weight excluding hydrogens is 314 g/mol. The molecule has 25 heavy (non-hydrogen) atoms.